The summed E-state index contributed by atoms with van der Waals surface area (Å²) in [4.78, 5) is 36.3. The Morgan fingerprint density at radius 2 is 1.69 bits per heavy atom. The van der Waals surface area contributed by atoms with Crippen molar-refractivity contribution in [2.24, 2.45) is 0 Å². The summed E-state index contributed by atoms with van der Waals surface area (Å²) in [5.41, 5.74) is 8.71. The summed E-state index contributed by atoms with van der Waals surface area (Å²) in [5, 5.41) is 14.4. The van der Waals surface area contributed by atoms with E-state index >= 15 is 0 Å². The lowest BCUT2D eigenvalue weighted by Crippen LogP contribution is -2.18. The van der Waals surface area contributed by atoms with E-state index in [0.29, 0.717) is 47.6 Å². The molecule has 3 rings (SSSR count). The third-order valence-electron chi connectivity index (χ3n) is 5.72. The second-order valence-corrected chi connectivity index (χ2v) is 8.70. The lowest BCUT2D eigenvalue weighted by Gasteiger charge is -2.19. The van der Waals surface area contributed by atoms with Gasteiger partial charge in [-0.25, -0.2) is 4.79 Å². The summed E-state index contributed by atoms with van der Waals surface area (Å²) in [5.74, 6) is 0.246. The zero-order chi connectivity index (χ0) is 28.0. The molecule has 0 heterocycles. The van der Waals surface area contributed by atoms with Gasteiger partial charge >= 0.3 is 6.09 Å². The van der Waals surface area contributed by atoms with Gasteiger partial charge in [0.15, 0.2) is 5.78 Å². The number of benzene rings is 3. The number of hydrogen-bond acceptors (Lipinski definition) is 7. The van der Waals surface area contributed by atoms with E-state index in [1.165, 1.54) is 13.0 Å². The van der Waals surface area contributed by atoms with Crippen LogP contribution in [0.5, 0.6) is 5.75 Å². The van der Waals surface area contributed by atoms with E-state index in [-0.39, 0.29) is 24.9 Å². The number of rotatable bonds is 13. The van der Waals surface area contributed by atoms with Crippen LogP contribution in [0.25, 0.3) is 0 Å². The fourth-order valence-corrected chi connectivity index (χ4v) is 3.70. The molecule has 0 saturated carbocycles. The second kappa shape index (κ2) is 14.9. The standard InChI is InChI=1S/C30H33N3O6/c1-21(35)22-11-15-24(16-12-22)32-30(37)39-28(23-13-17-25(18-14-23)38-20-19-34)9-3-2-4-10-29(36)33-27-8-6-5-7-26(27)31/h4-8,10-18,28,34H,2-3,9,19-20,31H2,1H3,(H,32,37)(H,33,36)/b10-4+/t28-/m1/s1. The van der Waals surface area contributed by atoms with E-state index in [1.54, 1.807) is 78.9 Å². The number of amides is 2. The number of allylic oxidation sites excluding steroid dienone is 1. The minimum absolute atomic E-state index is 0.0636. The van der Waals surface area contributed by atoms with Crippen molar-refractivity contribution in [2.45, 2.75) is 32.3 Å². The number of unbranched alkanes of at least 4 members (excludes halogenated alkanes) is 1. The molecule has 3 aromatic carbocycles. The number of aliphatic hydroxyl groups is 1. The summed E-state index contributed by atoms with van der Waals surface area (Å²) >= 11 is 0. The van der Waals surface area contributed by atoms with E-state index in [0.717, 1.165) is 5.56 Å². The molecule has 204 valence electrons. The molecule has 5 N–H and O–H groups in total. The molecule has 39 heavy (non-hydrogen) atoms. The van der Waals surface area contributed by atoms with E-state index in [2.05, 4.69) is 10.6 Å². The maximum absolute atomic E-state index is 12.7. The van der Waals surface area contributed by atoms with Gasteiger partial charge in [-0.05, 0) is 86.4 Å². The van der Waals surface area contributed by atoms with Crippen LogP contribution in [0.2, 0.25) is 0 Å². The fourth-order valence-electron chi connectivity index (χ4n) is 3.70. The molecule has 0 unspecified atom stereocenters. The van der Waals surface area contributed by atoms with Crippen molar-refractivity contribution in [1.29, 1.82) is 0 Å². The number of carbonyl (C=O) groups is 3. The van der Waals surface area contributed by atoms with Gasteiger partial charge in [-0.3, -0.25) is 14.9 Å². The Bertz CT molecular complexity index is 1270. The molecule has 0 aliphatic rings. The molecular formula is C30H33N3O6. The minimum atomic E-state index is -0.633. The Kier molecular flexibility index (Phi) is 11.1. The molecule has 0 aliphatic carbocycles. The topological polar surface area (TPSA) is 140 Å². The van der Waals surface area contributed by atoms with Crippen LogP contribution in [0.4, 0.5) is 21.9 Å². The Balaban J connectivity index is 1.59. The average Bonchev–Trinajstić information content (AvgIpc) is 2.93. The number of aliphatic hydroxyl groups excluding tert-OH is 1. The van der Waals surface area contributed by atoms with Crippen LogP contribution in [0.3, 0.4) is 0 Å². The van der Waals surface area contributed by atoms with Crippen LogP contribution in [-0.4, -0.2) is 36.1 Å². The molecule has 0 aromatic heterocycles. The maximum Gasteiger partial charge on any atom is 0.412 e. The first-order chi connectivity index (χ1) is 18.9. The molecule has 2 amide bonds. The van der Waals surface area contributed by atoms with Crippen LogP contribution in [0, 0.1) is 0 Å². The number of para-hydroxylation sites is 2. The molecule has 0 radical (unpaired) electrons. The van der Waals surface area contributed by atoms with Crippen molar-refractivity contribution < 1.29 is 29.0 Å². The van der Waals surface area contributed by atoms with Gasteiger partial charge in [0.25, 0.3) is 0 Å². The third-order valence-corrected chi connectivity index (χ3v) is 5.72. The molecule has 3 aromatic rings. The summed E-state index contributed by atoms with van der Waals surface area (Å²) in [6.45, 7) is 1.56. The predicted molar refractivity (Wildman–Crippen MR) is 151 cm³/mol. The van der Waals surface area contributed by atoms with Crippen molar-refractivity contribution in [3.05, 3.63) is 96.1 Å². The van der Waals surface area contributed by atoms with Gasteiger partial charge in [0.1, 0.15) is 18.5 Å². The number of Topliss-reactive ketones (excluding diaryl/α,β-unsaturated/α-hetero) is 1. The van der Waals surface area contributed by atoms with E-state index in [9.17, 15) is 14.4 Å². The molecular weight excluding hydrogens is 498 g/mol. The molecule has 0 spiro atoms. The number of nitrogens with two attached hydrogens (primary N) is 1. The van der Waals surface area contributed by atoms with Crippen molar-refractivity contribution in [2.75, 3.05) is 29.6 Å². The lowest BCUT2D eigenvalue weighted by molar-refractivity contribution is -0.111. The molecule has 0 saturated heterocycles. The Morgan fingerprint density at radius 3 is 2.36 bits per heavy atom. The third kappa shape index (κ3) is 9.64. The average molecular weight is 532 g/mol. The summed E-state index contributed by atoms with van der Waals surface area (Å²) in [6, 6.07) is 20.7. The summed E-state index contributed by atoms with van der Waals surface area (Å²) in [6.07, 6.45) is 3.76. The predicted octanol–water partition coefficient (Wildman–Crippen LogP) is 5.50. The first-order valence-corrected chi connectivity index (χ1v) is 12.6. The Labute approximate surface area is 227 Å². The van der Waals surface area contributed by atoms with Crippen molar-refractivity contribution in [3.63, 3.8) is 0 Å². The van der Waals surface area contributed by atoms with Crippen molar-refractivity contribution in [3.8, 4) is 5.75 Å². The number of carbonyl (C=O) groups excluding carboxylic acids is 3. The second-order valence-electron chi connectivity index (χ2n) is 8.70. The van der Waals surface area contributed by atoms with Crippen LogP contribution < -0.4 is 21.1 Å². The highest BCUT2D eigenvalue weighted by molar-refractivity contribution is 6.01. The quantitative estimate of drug-likeness (QED) is 0.0988. The highest BCUT2D eigenvalue weighted by Crippen LogP contribution is 2.27. The van der Waals surface area contributed by atoms with Crippen molar-refractivity contribution in [1.82, 2.24) is 0 Å². The number of ketones is 1. The van der Waals surface area contributed by atoms with Gasteiger partial charge in [0.05, 0.1) is 18.0 Å². The van der Waals surface area contributed by atoms with Crippen LogP contribution in [0.15, 0.2) is 84.9 Å². The molecule has 0 aliphatic heterocycles. The maximum atomic E-state index is 12.7. The van der Waals surface area contributed by atoms with Crippen LogP contribution in [-0.2, 0) is 9.53 Å². The fraction of sp³-hybridized carbons (Fsp3) is 0.233. The van der Waals surface area contributed by atoms with Gasteiger partial charge in [0, 0.05) is 11.3 Å². The molecule has 1 atom stereocenters. The van der Waals surface area contributed by atoms with Gasteiger partial charge in [-0.1, -0.05) is 30.3 Å². The van der Waals surface area contributed by atoms with Crippen molar-refractivity contribution >= 4 is 34.8 Å². The number of nitrogen functional groups attached to an aromatic ring is 1. The lowest BCUT2D eigenvalue weighted by atomic mass is 10.0. The van der Waals surface area contributed by atoms with Crippen LogP contribution in [0.1, 0.15) is 48.2 Å². The highest BCUT2D eigenvalue weighted by atomic mass is 16.6. The summed E-state index contributed by atoms with van der Waals surface area (Å²) in [7, 11) is 0. The minimum Gasteiger partial charge on any atom is -0.491 e. The highest BCUT2D eigenvalue weighted by Gasteiger charge is 2.17. The van der Waals surface area contributed by atoms with E-state index in [1.807, 2.05) is 0 Å². The SMILES string of the molecule is CC(=O)c1ccc(NC(=O)O[C@H](CCC/C=C/C(=O)Nc2ccccc2N)c2ccc(OCCO)cc2)cc1. The summed E-state index contributed by atoms with van der Waals surface area (Å²) < 4.78 is 11.2. The smallest absolute Gasteiger partial charge is 0.412 e. The first-order valence-electron chi connectivity index (χ1n) is 12.6. The van der Waals surface area contributed by atoms with Gasteiger partial charge in [0.2, 0.25) is 5.91 Å². The van der Waals surface area contributed by atoms with Gasteiger partial charge in [-0.2, -0.15) is 0 Å². The zero-order valence-electron chi connectivity index (χ0n) is 21.8. The molecule has 9 heteroatoms. The Morgan fingerprint density at radius 1 is 0.974 bits per heavy atom. The largest absolute Gasteiger partial charge is 0.491 e. The monoisotopic (exact) mass is 531 g/mol. The number of anilines is 3. The number of ether oxygens (including phenoxy) is 2. The van der Waals surface area contributed by atoms with Crippen LogP contribution >= 0.6 is 0 Å². The number of hydrogen-bond donors (Lipinski definition) is 4. The van der Waals surface area contributed by atoms with Gasteiger partial charge < -0.3 is 25.6 Å². The van der Waals surface area contributed by atoms with Gasteiger partial charge in [-0.15, -0.1) is 0 Å². The molecule has 0 bridgehead atoms. The van der Waals surface area contributed by atoms with E-state index in [4.69, 9.17) is 20.3 Å². The molecule has 0 fully saturated rings. The van der Waals surface area contributed by atoms with E-state index < -0.39 is 12.2 Å². The Hall–Kier alpha value is -4.63. The first kappa shape index (κ1) is 28.9. The normalized spacial score (nSPS) is 11.5. The zero-order valence-corrected chi connectivity index (χ0v) is 21.8. The number of nitrogens with one attached hydrogen (secondary N) is 2. The molecule has 9 nitrogen and oxygen atoms in total.